The molecule has 4 nitrogen and oxygen atoms in total. The monoisotopic (exact) mass is 317 g/mol. The molecule has 6 heteroatoms. The van der Waals surface area contributed by atoms with E-state index in [9.17, 15) is 4.79 Å². The Labute approximate surface area is 128 Å². The van der Waals surface area contributed by atoms with Crippen molar-refractivity contribution in [3.05, 3.63) is 33.8 Å². The second kappa shape index (κ2) is 7.27. The Bertz CT molecular complexity index is 481. The van der Waals surface area contributed by atoms with Crippen molar-refractivity contribution in [3.8, 4) is 0 Å². The van der Waals surface area contributed by atoms with E-state index in [0.717, 1.165) is 5.56 Å². The average molecular weight is 318 g/mol. The van der Waals surface area contributed by atoms with Gasteiger partial charge >= 0.3 is 0 Å². The van der Waals surface area contributed by atoms with Crippen LogP contribution in [-0.4, -0.2) is 44.2 Å². The number of methoxy groups -OCH3 is 1. The molecule has 20 heavy (non-hydrogen) atoms. The van der Waals surface area contributed by atoms with Crippen LogP contribution in [0.2, 0.25) is 10.0 Å². The third-order valence-electron chi connectivity index (χ3n) is 3.25. The Balaban J connectivity index is 2.02. The van der Waals surface area contributed by atoms with E-state index in [1.807, 2.05) is 6.07 Å². The average Bonchev–Trinajstić information content (AvgIpc) is 2.47. The fraction of sp³-hybridized carbons (Fsp3) is 0.500. The molecule has 1 fully saturated rings. The van der Waals surface area contributed by atoms with E-state index < -0.39 is 0 Å². The predicted octanol–water partition coefficient (Wildman–Crippen LogP) is 2.93. The van der Waals surface area contributed by atoms with Crippen molar-refractivity contribution in [2.75, 3.05) is 33.4 Å². The van der Waals surface area contributed by atoms with E-state index in [1.165, 1.54) is 0 Å². The minimum absolute atomic E-state index is 0.0835. The van der Waals surface area contributed by atoms with Crippen LogP contribution in [0.15, 0.2) is 18.2 Å². The second-order valence-electron chi connectivity index (χ2n) is 4.62. The topological polar surface area (TPSA) is 38.8 Å². The summed E-state index contributed by atoms with van der Waals surface area (Å²) in [4.78, 5) is 13.8. The summed E-state index contributed by atoms with van der Waals surface area (Å²) in [5.74, 6) is 0.0835. The number of rotatable bonds is 4. The van der Waals surface area contributed by atoms with Gasteiger partial charge in [0.15, 0.2) is 0 Å². The molecule has 1 aromatic rings. The van der Waals surface area contributed by atoms with Gasteiger partial charge in [-0.1, -0.05) is 29.3 Å². The fourth-order valence-corrected chi connectivity index (χ4v) is 2.44. The molecule has 0 unspecified atom stereocenters. The van der Waals surface area contributed by atoms with E-state index in [4.69, 9.17) is 32.7 Å². The molecule has 2 rings (SSSR count). The second-order valence-corrected chi connectivity index (χ2v) is 5.43. The normalized spacial score (nSPS) is 19.1. The van der Waals surface area contributed by atoms with Crippen molar-refractivity contribution in [2.24, 2.45) is 0 Å². The molecule has 0 saturated carbocycles. The van der Waals surface area contributed by atoms with Crippen molar-refractivity contribution in [1.82, 2.24) is 4.90 Å². The molecule has 110 valence electrons. The summed E-state index contributed by atoms with van der Waals surface area (Å²) in [6.45, 7) is 2.10. The van der Waals surface area contributed by atoms with Gasteiger partial charge in [-0.25, -0.2) is 0 Å². The Morgan fingerprint density at radius 2 is 2.25 bits per heavy atom. The van der Waals surface area contributed by atoms with Gasteiger partial charge in [-0.3, -0.25) is 4.79 Å². The van der Waals surface area contributed by atoms with Gasteiger partial charge in [0, 0.05) is 13.7 Å². The zero-order chi connectivity index (χ0) is 14.5. The first kappa shape index (κ1) is 15.6. The smallest absolute Gasteiger partial charge is 0.225 e. The van der Waals surface area contributed by atoms with Crippen molar-refractivity contribution < 1.29 is 14.3 Å². The van der Waals surface area contributed by atoms with Gasteiger partial charge in [-0.2, -0.15) is 0 Å². The molecule has 1 amide bonds. The van der Waals surface area contributed by atoms with Crippen LogP contribution in [0.3, 0.4) is 0 Å². The Kier molecular flexibility index (Phi) is 5.66. The van der Waals surface area contributed by atoms with Crippen LogP contribution in [0.25, 0.3) is 0 Å². The standard InChI is InChI=1S/C14H17Cl2NO3/c1-19-6-4-14(18)17-5-7-20-13(9-17)10-2-3-11(15)12(16)8-10/h2-3,8,13H,4-7,9H2,1H3/t13-/m1/s1. The highest BCUT2D eigenvalue weighted by Crippen LogP contribution is 2.29. The molecular weight excluding hydrogens is 301 g/mol. The number of nitrogens with zero attached hydrogens (tertiary/aromatic N) is 1. The number of ether oxygens (including phenoxy) is 2. The molecule has 0 N–H and O–H groups in total. The number of morpholine rings is 1. The third-order valence-corrected chi connectivity index (χ3v) is 3.99. The molecule has 1 aliphatic rings. The first-order chi connectivity index (χ1) is 9.61. The van der Waals surface area contributed by atoms with Crippen LogP contribution in [0.1, 0.15) is 18.1 Å². The summed E-state index contributed by atoms with van der Waals surface area (Å²) in [6, 6.07) is 5.41. The van der Waals surface area contributed by atoms with E-state index in [2.05, 4.69) is 0 Å². The zero-order valence-electron chi connectivity index (χ0n) is 11.3. The van der Waals surface area contributed by atoms with Gasteiger partial charge in [-0.15, -0.1) is 0 Å². The number of halogens is 2. The van der Waals surface area contributed by atoms with Gasteiger partial charge in [0.05, 0.1) is 36.2 Å². The number of hydrogen-bond donors (Lipinski definition) is 0. The summed E-state index contributed by atoms with van der Waals surface area (Å²) < 4.78 is 10.6. The van der Waals surface area contributed by atoms with Gasteiger partial charge in [0.2, 0.25) is 5.91 Å². The quantitative estimate of drug-likeness (QED) is 0.857. The maximum absolute atomic E-state index is 12.0. The van der Waals surface area contributed by atoms with Crippen LogP contribution in [0.4, 0.5) is 0 Å². The molecule has 0 spiro atoms. The molecule has 0 bridgehead atoms. The molecule has 1 saturated heterocycles. The van der Waals surface area contributed by atoms with Gasteiger partial charge in [0.25, 0.3) is 0 Å². The lowest BCUT2D eigenvalue weighted by molar-refractivity contribution is -0.139. The van der Waals surface area contributed by atoms with Crippen LogP contribution >= 0.6 is 23.2 Å². The summed E-state index contributed by atoms with van der Waals surface area (Å²) >= 11 is 11.9. The van der Waals surface area contributed by atoms with Crippen LogP contribution < -0.4 is 0 Å². The summed E-state index contributed by atoms with van der Waals surface area (Å²) in [5, 5.41) is 1.01. The van der Waals surface area contributed by atoms with Gasteiger partial charge in [-0.05, 0) is 17.7 Å². The lowest BCUT2D eigenvalue weighted by Crippen LogP contribution is -2.42. The SMILES string of the molecule is COCCC(=O)N1CCO[C@@H](c2ccc(Cl)c(Cl)c2)C1. The van der Waals surface area contributed by atoms with Crippen molar-refractivity contribution >= 4 is 29.1 Å². The highest BCUT2D eigenvalue weighted by Gasteiger charge is 2.25. The minimum atomic E-state index is -0.162. The largest absolute Gasteiger partial charge is 0.384 e. The molecule has 0 aromatic heterocycles. The molecule has 1 heterocycles. The molecule has 0 aliphatic carbocycles. The highest BCUT2D eigenvalue weighted by atomic mass is 35.5. The molecule has 1 atom stereocenters. The van der Waals surface area contributed by atoms with Crippen molar-refractivity contribution in [2.45, 2.75) is 12.5 Å². The number of benzene rings is 1. The zero-order valence-corrected chi connectivity index (χ0v) is 12.8. The van der Waals surface area contributed by atoms with E-state index in [0.29, 0.717) is 42.8 Å². The lowest BCUT2D eigenvalue weighted by atomic mass is 10.1. The fourth-order valence-electron chi connectivity index (χ4n) is 2.14. The number of amides is 1. The number of hydrogen-bond acceptors (Lipinski definition) is 3. The lowest BCUT2D eigenvalue weighted by Gasteiger charge is -2.33. The highest BCUT2D eigenvalue weighted by molar-refractivity contribution is 6.42. The van der Waals surface area contributed by atoms with Crippen molar-refractivity contribution in [1.29, 1.82) is 0 Å². The maximum Gasteiger partial charge on any atom is 0.225 e. The summed E-state index contributed by atoms with van der Waals surface area (Å²) in [5.41, 5.74) is 0.934. The van der Waals surface area contributed by atoms with Crippen molar-refractivity contribution in [3.63, 3.8) is 0 Å². The maximum atomic E-state index is 12.0. The van der Waals surface area contributed by atoms with E-state index >= 15 is 0 Å². The molecule has 1 aromatic carbocycles. The molecular formula is C14H17Cl2NO3. The van der Waals surface area contributed by atoms with Crippen LogP contribution in [0, 0.1) is 0 Å². The van der Waals surface area contributed by atoms with Crippen LogP contribution in [-0.2, 0) is 14.3 Å². The van der Waals surface area contributed by atoms with Gasteiger partial charge < -0.3 is 14.4 Å². The molecule has 1 aliphatic heterocycles. The number of carbonyl (C=O) groups is 1. The Hall–Kier alpha value is -0.810. The Morgan fingerprint density at radius 1 is 1.45 bits per heavy atom. The molecule has 0 radical (unpaired) electrons. The van der Waals surface area contributed by atoms with E-state index in [-0.39, 0.29) is 12.0 Å². The number of carbonyl (C=O) groups excluding carboxylic acids is 1. The third kappa shape index (κ3) is 3.85. The minimum Gasteiger partial charge on any atom is -0.384 e. The first-order valence-electron chi connectivity index (χ1n) is 6.45. The van der Waals surface area contributed by atoms with Crippen LogP contribution in [0.5, 0.6) is 0 Å². The predicted molar refractivity (Wildman–Crippen MR) is 78.2 cm³/mol. The van der Waals surface area contributed by atoms with E-state index in [1.54, 1.807) is 24.1 Å². The first-order valence-corrected chi connectivity index (χ1v) is 7.20. The summed E-state index contributed by atoms with van der Waals surface area (Å²) in [7, 11) is 1.59. The summed E-state index contributed by atoms with van der Waals surface area (Å²) in [6.07, 6.45) is 0.231. The van der Waals surface area contributed by atoms with Gasteiger partial charge in [0.1, 0.15) is 6.10 Å². The Morgan fingerprint density at radius 3 is 2.95 bits per heavy atom.